The Morgan fingerprint density at radius 2 is 1.59 bits per heavy atom. The van der Waals surface area contributed by atoms with Crippen LogP contribution in [0, 0.1) is 0 Å². The van der Waals surface area contributed by atoms with Gasteiger partial charge in [-0.25, -0.2) is 0 Å². The van der Waals surface area contributed by atoms with Crippen LogP contribution in [0.15, 0.2) is 53.0 Å². The quantitative estimate of drug-likeness (QED) is 0.590. The molecule has 118 valence electrons. The Hall–Kier alpha value is -1.12. The van der Waals surface area contributed by atoms with E-state index < -0.39 is 0 Å². The molecular formula is C20H26BrN. The molecule has 0 aliphatic rings. The normalized spacial score (nSPS) is 12.6. The van der Waals surface area contributed by atoms with Crippen LogP contribution in [0.3, 0.4) is 0 Å². The number of nitrogens with zero attached hydrogens (tertiary/aromatic N) is 1. The molecule has 0 aliphatic heterocycles. The van der Waals surface area contributed by atoms with Crippen molar-refractivity contribution < 1.29 is 0 Å². The van der Waals surface area contributed by atoms with Crippen molar-refractivity contribution in [3.8, 4) is 11.1 Å². The van der Waals surface area contributed by atoms with Crippen molar-refractivity contribution >= 4 is 15.9 Å². The zero-order valence-corrected chi connectivity index (χ0v) is 15.4. The molecule has 0 aliphatic carbocycles. The van der Waals surface area contributed by atoms with E-state index in [0.717, 1.165) is 17.6 Å². The minimum Gasteiger partial charge on any atom is -0.304 e. The minimum absolute atomic E-state index is 0.605. The van der Waals surface area contributed by atoms with E-state index in [-0.39, 0.29) is 0 Å². The van der Waals surface area contributed by atoms with Gasteiger partial charge in [-0.2, -0.15) is 0 Å². The lowest BCUT2D eigenvalue weighted by atomic mass is 9.95. The van der Waals surface area contributed by atoms with Gasteiger partial charge in [0.05, 0.1) is 0 Å². The smallest absolute Gasteiger partial charge is 0.0253 e. The van der Waals surface area contributed by atoms with E-state index in [2.05, 4.69) is 90.1 Å². The molecule has 2 aromatic carbocycles. The van der Waals surface area contributed by atoms with Crippen LogP contribution in [0.2, 0.25) is 0 Å². The second kappa shape index (κ2) is 8.50. The zero-order valence-electron chi connectivity index (χ0n) is 13.8. The molecule has 0 saturated heterocycles. The van der Waals surface area contributed by atoms with Crippen LogP contribution in [0.1, 0.15) is 38.7 Å². The van der Waals surface area contributed by atoms with Gasteiger partial charge in [0, 0.05) is 4.47 Å². The van der Waals surface area contributed by atoms with Gasteiger partial charge in [0.1, 0.15) is 0 Å². The fourth-order valence-electron chi connectivity index (χ4n) is 2.77. The summed E-state index contributed by atoms with van der Waals surface area (Å²) in [6, 6.07) is 17.4. The number of hydrogen-bond acceptors (Lipinski definition) is 1. The number of benzene rings is 2. The molecule has 1 atom stereocenters. The highest BCUT2D eigenvalue weighted by Gasteiger charge is 2.09. The van der Waals surface area contributed by atoms with Crippen LogP contribution < -0.4 is 0 Å². The molecule has 2 heteroatoms. The van der Waals surface area contributed by atoms with E-state index >= 15 is 0 Å². The number of halogens is 1. The molecule has 0 aromatic heterocycles. The number of rotatable bonds is 7. The summed E-state index contributed by atoms with van der Waals surface area (Å²) < 4.78 is 1.15. The predicted octanol–water partition coefficient (Wildman–Crippen LogP) is 5.95. The molecule has 0 saturated carbocycles. The first-order valence-electron chi connectivity index (χ1n) is 8.22. The Labute approximate surface area is 143 Å². The van der Waals surface area contributed by atoms with Crippen LogP contribution in [0.5, 0.6) is 0 Å². The van der Waals surface area contributed by atoms with Crippen molar-refractivity contribution in [2.75, 3.05) is 19.6 Å². The summed E-state index contributed by atoms with van der Waals surface area (Å²) in [6.07, 6.45) is 1.22. The lowest BCUT2D eigenvalue weighted by Crippen LogP contribution is -2.24. The third-order valence-electron chi connectivity index (χ3n) is 4.44. The summed E-state index contributed by atoms with van der Waals surface area (Å²) in [5, 5.41) is 0. The van der Waals surface area contributed by atoms with E-state index in [1.807, 2.05) is 0 Å². The van der Waals surface area contributed by atoms with Crippen LogP contribution >= 0.6 is 15.9 Å². The Kier molecular flexibility index (Phi) is 6.66. The van der Waals surface area contributed by atoms with Gasteiger partial charge in [-0.05, 0) is 54.7 Å². The highest BCUT2D eigenvalue weighted by Crippen LogP contribution is 2.29. The molecule has 0 amide bonds. The van der Waals surface area contributed by atoms with E-state index in [1.165, 1.54) is 29.7 Å². The molecule has 0 heterocycles. The van der Waals surface area contributed by atoms with Crippen molar-refractivity contribution in [3.63, 3.8) is 0 Å². The highest BCUT2D eigenvalue weighted by molar-refractivity contribution is 9.10. The Morgan fingerprint density at radius 1 is 0.955 bits per heavy atom. The lowest BCUT2D eigenvalue weighted by molar-refractivity contribution is 0.292. The second-order valence-corrected chi connectivity index (χ2v) is 6.67. The molecule has 1 nitrogen and oxygen atoms in total. The summed E-state index contributed by atoms with van der Waals surface area (Å²) >= 11 is 3.63. The molecule has 0 spiro atoms. The summed E-state index contributed by atoms with van der Waals surface area (Å²) in [5.74, 6) is 0.605. The van der Waals surface area contributed by atoms with Crippen molar-refractivity contribution in [3.05, 3.63) is 58.6 Å². The predicted molar refractivity (Wildman–Crippen MR) is 100 cm³/mol. The summed E-state index contributed by atoms with van der Waals surface area (Å²) in [6.45, 7) is 10.3. The first-order chi connectivity index (χ1) is 10.7. The molecule has 2 rings (SSSR count). The van der Waals surface area contributed by atoms with Gasteiger partial charge in [0.25, 0.3) is 0 Å². The largest absolute Gasteiger partial charge is 0.304 e. The average molecular weight is 360 g/mol. The highest BCUT2D eigenvalue weighted by atomic mass is 79.9. The van der Waals surface area contributed by atoms with E-state index in [1.54, 1.807) is 0 Å². The number of hydrogen-bond donors (Lipinski definition) is 0. The third-order valence-corrected chi connectivity index (χ3v) is 5.13. The maximum Gasteiger partial charge on any atom is 0.0253 e. The second-order valence-electron chi connectivity index (χ2n) is 5.82. The topological polar surface area (TPSA) is 3.24 Å². The third kappa shape index (κ3) is 4.44. The van der Waals surface area contributed by atoms with Crippen LogP contribution in [0.25, 0.3) is 11.1 Å². The molecular weight excluding hydrogens is 334 g/mol. The van der Waals surface area contributed by atoms with Gasteiger partial charge in [-0.3, -0.25) is 0 Å². The van der Waals surface area contributed by atoms with Crippen molar-refractivity contribution in [1.29, 1.82) is 0 Å². The fraction of sp³-hybridized carbons (Fsp3) is 0.400. The van der Waals surface area contributed by atoms with Crippen molar-refractivity contribution in [1.82, 2.24) is 4.90 Å². The summed E-state index contributed by atoms with van der Waals surface area (Å²) in [5.41, 5.74) is 3.96. The van der Waals surface area contributed by atoms with Crippen LogP contribution in [-0.4, -0.2) is 24.5 Å². The van der Waals surface area contributed by atoms with Gasteiger partial charge in [-0.15, -0.1) is 0 Å². The monoisotopic (exact) mass is 359 g/mol. The molecule has 0 N–H and O–H groups in total. The zero-order chi connectivity index (χ0) is 15.9. The molecule has 0 fully saturated rings. The van der Waals surface area contributed by atoms with E-state index in [4.69, 9.17) is 0 Å². The van der Waals surface area contributed by atoms with Gasteiger partial charge >= 0.3 is 0 Å². The standard InChI is InChI=1S/C20H26BrN/c1-4-22(5-2)15-14-16(3)17-10-12-18(13-11-17)19-8-6-7-9-20(19)21/h6-13,16H,4-5,14-15H2,1-3H3. The molecule has 0 radical (unpaired) electrons. The van der Waals surface area contributed by atoms with Gasteiger partial charge in [-0.1, -0.05) is 79.2 Å². The first kappa shape index (κ1) is 17.2. The molecule has 22 heavy (non-hydrogen) atoms. The summed E-state index contributed by atoms with van der Waals surface area (Å²) in [4.78, 5) is 2.49. The van der Waals surface area contributed by atoms with Gasteiger partial charge in [0.2, 0.25) is 0 Å². The van der Waals surface area contributed by atoms with Crippen LogP contribution in [0.4, 0.5) is 0 Å². The maximum atomic E-state index is 3.63. The van der Waals surface area contributed by atoms with Crippen LogP contribution in [-0.2, 0) is 0 Å². The van der Waals surface area contributed by atoms with Crippen molar-refractivity contribution in [2.45, 2.75) is 33.1 Å². The molecule has 1 unspecified atom stereocenters. The Balaban J connectivity index is 2.04. The lowest BCUT2D eigenvalue weighted by Gasteiger charge is -2.21. The first-order valence-corrected chi connectivity index (χ1v) is 9.02. The van der Waals surface area contributed by atoms with E-state index in [0.29, 0.717) is 5.92 Å². The van der Waals surface area contributed by atoms with Gasteiger partial charge in [0.15, 0.2) is 0 Å². The fourth-order valence-corrected chi connectivity index (χ4v) is 3.28. The summed E-state index contributed by atoms with van der Waals surface area (Å²) in [7, 11) is 0. The average Bonchev–Trinajstić information content (AvgIpc) is 2.56. The molecule has 2 aromatic rings. The minimum atomic E-state index is 0.605. The van der Waals surface area contributed by atoms with Gasteiger partial charge < -0.3 is 4.90 Å². The van der Waals surface area contributed by atoms with E-state index in [9.17, 15) is 0 Å². The SMILES string of the molecule is CCN(CC)CCC(C)c1ccc(-c2ccccc2Br)cc1. The maximum absolute atomic E-state index is 3.63. The van der Waals surface area contributed by atoms with Crippen molar-refractivity contribution in [2.24, 2.45) is 0 Å². The molecule has 0 bridgehead atoms. The Bertz CT molecular complexity index is 573. The Morgan fingerprint density at radius 3 is 2.18 bits per heavy atom.